The Morgan fingerprint density at radius 3 is 1.40 bits per heavy atom. The molecule has 0 aliphatic carbocycles. The monoisotopic (exact) mass is 544 g/mol. The molecule has 198 valence electrons. The predicted molar refractivity (Wildman–Crippen MR) is 160 cm³/mol. The number of oxazole rings is 2. The third kappa shape index (κ3) is 4.37. The lowest BCUT2D eigenvalue weighted by atomic mass is 10.1. The minimum Gasteiger partial charge on any atom is -0.436 e. The quantitative estimate of drug-likeness (QED) is 0.215. The molecule has 4 aromatic carbocycles. The lowest BCUT2D eigenvalue weighted by Gasteiger charge is -2.07. The van der Waals surface area contributed by atoms with Crippen molar-refractivity contribution in [2.45, 2.75) is 0 Å². The van der Waals surface area contributed by atoms with Gasteiger partial charge in [-0.3, -0.25) is 4.98 Å². The zero-order valence-electron chi connectivity index (χ0n) is 22.0. The SMILES string of the molecule is c1ccc(-c2nc3cc(-c4nc(-c5ccc6oc(-c7ccccc7)nc6c5)nc(-c5ccccn5)n4)ccc3o2)cc1. The normalized spacial score (nSPS) is 11.3. The van der Waals surface area contributed by atoms with Crippen LogP contribution in [0.5, 0.6) is 0 Å². The van der Waals surface area contributed by atoms with Gasteiger partial charge in [-0.15, -0.1) is 0 Å². The van der Waals surface area contributed by atoms with E-state index in [4.69, 9.17) is 33.8 Å². The van der Waals surface area contributed by atoms with E-state index in [-0.39, 0.29) is 0 Å². The maximum Gasteiger partial charge on any atom is 0.227 e. The van der Waals surface area contributed by atoms with Crippen LogP contribution in [0.1, 0.15) is 0 Å². The second-order valence-corrected chi connectivity index (χ2v) is 9.66. The van der Waals surface area contributed by atoms with Gasteiger partial charge in [0.1, 0.15) is 16.7 Å². The highest BCUT2D eigenvalue weighted by molar-refractivity contribution is 5.83. The third-order valence-electron chi connectivity index (χ3n) is 6.86. The Kier molecular flexibility index (Phi) is 5.60. The van der Waals surface area contributed by atoms with Crippen molar-refractivity contribution in [3.8, 4) is 57.2 Å². The Labute approximate surface area is 239 Å². The van der Waals surface area contributed by atoms with E-state index >= 15 is 0 Å². The Bertz CT molecular complexity index is 2060. The fourth-order valence-electron chi connectivity index (χ4n) is 4.79. The number of hydrogen-bond donors (Lipinski definition) is 0. The summed E-state index contributed by atoms with van der Waals surface area (Å²) < 4.78 is 12.0. The summed E-state index contributed by atoms with van der Waals surface area (Å²) in [5, 5.41) is 0. The smallest absolute Gasteiger partial charge is 0.227 e. The van der Waals surface area contributed by atoms with Crippen LogP contribution in [0.25, 0.3) is 79.4 Å². The molecule has 0 atom stereocenters. The third-order valence-corrected chi connectivity index (χ3v) is 6.86. The van der Waals surface area contributed by atoms with Crippen LogP contribution < -0.4 is 0 Å². The Morgan fingerprint density at radius 1 is 0.405 bits per heavy atom. The molecule has 4 aromatic heterocycles. The fraction of sp³-hybridized carbons (Fsp3) is 0. The van der Waals surface area contributed by atoms with Gasteiger partial charge in [0, 0.05) is 28.5 Å². The van der Waals surface area contributed by atoms with Crippen molar-refractivity contribution in [1.29, 1.82) is 0 Å². The molecular formula is C34H20N6O2. The van der Waals surface area contributed by atoms with Crippen molar-refractivity contribution in [2.75, 3.05) is 0 Å². The van der Waals surface area contributed by atoms with Gasteiger partial charge in [0.25, 0.3) is 0 Å². The Balaban J connectivity index is 1.24. The summed E-state index contributed by atoms with van der Waals surface area (Å²) >= 11 is 0. The van der Waals surface area contributed by atoms with E-state index in [0.717, 1.165) is 22.3 Å². The van der Waals surface area contributed by atoms with Crippen LogP contribution in [0.4, 0.5) is 0 Å². The molecule has 0 saturated carbocycles. The summed E-state index contributed by atoms with van der Waals surface area (Å²) in [4.78, 5) is 28.4. The second-order valence-electron chi connectivity index (χ2n) is 9.66. The van der Waals surface area contributed by atoms with Crippen molar-refractivity contribution in [3.05, 3.63) is 121 Å². The van der Waals surface area contributed by atoms with E-state index in [1.807, 2.05) is 115 Å². The van der Waals surface area contributed by atoms with Crippen LogP contribution in [-0.2, 0) is 0 Å². The maximum atomic E-state index is 6.02. The second kappa shape index (κ2) is 9.87. The van der Waals surface area contributed by atoms with E-state index in [2.05, 4.69) is 4.98 Å². The minimum absolute atomic E-state index is 0.464. The molecule has 0 unspecified atom stereocenters. The molecule has 0 bridgehead atoms. The number of nitrogens with zero attached hydrogens (tertiary/aromatic N) is 6. The average Bonchev–Trinajstić information content (AvgIpc) is 3.70. The first kappa shape index (κ1) is 23.8. The zero-order chi connectivity index (χ0) is 27.9. The maximum absolute atomic E-state index is 6.02. The van der Waals surface area contributed by atoms with E-state index in [1.165, 1.54) is 0 Å². The molecule has 0 saturated heterocycles. The standard InChI is InChI=1S/C34H20N6O2/c1-3-9-21(10-4-1)33-36-26-19-23(14-16-28(26)41-33)30-38-31(40-32(39-30)25-13-7-8-18-35-25)24-15-17-29-27(20-24)37-34(42-29)22-11-5-2-6-12-22/h1-20H. The first-order chi connectivity index (χ1) is 20.8. The summed E-state index contributed by atoms with van der Waals surface area (Å²) in [7, 11) is 0. The van der Waals surface area contributed by atoms with Gasteiger partial charge in [0.05, 0.1) is 0 Å². The molecule has 0 amide bonds. The predicted octanol–water partition coefficient (Wildman–Crippen LogP) is 7.88. The molecule has 0 N–H and O–H groups in total. The van der Waals surface area contributed by atoms with E-state index in [1.54, 1.807) is 6.20 Å². The van der Waals surface area contributed by atoms with E-state index in [0.29, 0.717) is 57.1 Å². The lowest BCUT2D eigenvalue weighted by molar-refractivity contribution is 0.619. The Hall–Kier alpha value is -6.02. The van der Waals surface area contributed by atoms with Gasteiger partial charge in [0.2, 0.25) is 11.8 Å². The summed E-state index contributed by atoms with van der Waals surface area (Å²) in [6, 6.07) is 36.8. The molecule has 0 fully saturated rings. The molecule has 8 nitrogen and oxygen atoms in total. The van der Waals surface area contributed by atoms with Gasteiger partial charge in [-0.2, -0.15) is 0 Å². The molecule has 8 rings (SSSR count). The van der Waals surface area contributed by atoms with Crippen molar-refractivity contribution < 1.29 is 8.83 Å². The zero-order valence-corrected chi connectivity index (χ0v) is 22.0. The molecule has 8 aromatic rings. The molecular weight excluding hydrogens is 524 g/mol. The molecule has 0 aliphatic rings. The number of pyridine rings is 1. The van der Waals surface area contributed by atoms with Gasteiger partial charge in [-0.05, 0) is 72.8 Å². The molecule has 4 heterocycles. The van der Waals surface area contributed by atoms with Crippen molar-refractivity contribution in [3.63, 3.8) is 0 Å². The minimum atomic E-state index is 0.464. The largest absolute Gasteiger partial charge is 0.436 e. The van der Waals surface area contributed by atoms with Gasteiger partial charge in [-0.25, -0.2) is 24.9 Å². The molecule has 0 radical (unpaired) electrons. The summed E-state index contributed by atoms with van der Waals surface area (Å²) in [6.45, 7) is 0. The van der Waals surface area contributed by atoms with Gasteiger partial charge in [0.15, 0.2) is 28.6 Å². The first-order valence-corrected chi connectivity index (χ1v) is 13.4. The van der Waals surface area contributed by atoms with E-state index < -0.39 is 0 Å². The first-order valence-electron chi connectivity index (χ1n) is 13.4. The average molecular weight is 545 g/mol. The van der Waals surface area contributed by atoms with Crippen LogP contribution in [0, 0.1) is 0 Å². The van der Waals surface area contributed by atoms with Crippen LogP contribution in [0.2, 0.25) is 0 Å². The van der Waals surface area contributed by atoms with Crippen LogP contribution >= 0.6 is 0 Å². The number of rotatable bonds is 5. The number of hydrogen-bond acceptors (Lipinski definition) is 8. The van der Waals surface area contributed by atoms with E-state index in [9.17, 15) is 0 Å². The molecule has 0 spiro atoms. The van der Waals surface area contributed by atoms with Gasteiger partial charge in [-0.1, -0.05) is 42.5 Å². The topological polar surface area (TPSA) is 104 Å². The summed E-state index contributed by atoms with van der Waals surface area (Å²) in [6.07, 6.45) is 1.72. The highest BCUT2D eigenvalue weighted by atomic mass is 16.4. The molecule has 42 heavy (non-hydrogen) atoms. The van der Waals surface area contributed by atoms with Crippen molar-refractivity contribution in [2.24, 2.45) is 0 Å². The lowest BCUT2D eigenvalue weighted by Crippen LogP contribution is -2.01. The molecule has 8 heteroatoms. The van der Waals surface area contributed by atoms with Gasteiger partial charge >= 0.3 is 0 Å². The Morgan fingerprint density at radius 2 is 0.905 bits per heavy atom. The highest BCUT2D eigenvalue weighted by Crippen LogP contribution is 2.31. The highest BCUT2D eigenvalue weighted by Gasteiger charge is 2.16. The van der Waals surface area contributed by atoms with Crippen molar-refractivity contribution in [1.82, 2.24) is 29.9 Å². The number of fused-ring (bicyclic) bond motifs is 2. The summed E-state index contributed by atoms with van der Waals surface area (Å²) in [5.74, 6) is 2.58. The number of aromatic nitrogens is 6. The number of benzene rings is 4. The van der Waals surface area contributed by atoms with Crippen molar-refractivity contribution >= 4 is 22.2 Å². The summed E-state index contributed by atoms with van der Waals surface area (Å²) in [5.41, 5.74) is 6.82. The van der Waals surface area contributed by atoms with Crippen LogP contribution in [0.3, 0.4) is 0 Å². The fourth-order valence-corrected chi connectivity index (χ4v) is 4.79. The van der Waals surface area contributed by atoms with Gasteiger partial charge < -0.3 is 8.83 Å². The molecule has 0 aliphatic heterocycles. The van der Waals surface area contributed by atoms with Crippen LogP contribution in [0.15, 0.2) is 130 Å². The van der Waals surface area contributed by atoms with Crippen LogP contribution in [-0.4, -0.2) is 29.9 Å².